The molecule has 1 spiro atoms. The number of carbonyl (C=O) groups is 6. The molecule has 1 saturated heterocycles. The van der Waals surface area contributed by atoms with Crippen LogP contribution in [0, 0.1) is 0 Å². The summed E-state index contributed by atoms with van der Waals surface area (Å²) in [5.74, 6) is -4.43. The number of piperidine rings is 1. The molecule has 278 valence electrons. The van der Waals surface area contributed by atoms with Gasteiger partial charge in [0, 0.05) is 31.9 Å². The van der Waals surface area contributed by atoms with Crippen molar-refractivity contribution in [2.24, 2.45) is 0 Å². The lowest BCUT2D eigenvalue weighted by atomic mass is 9.50. The smallest absolute Gasteiger partial charge is 0.353 e. The second-order valence-corrected chi connectivity index (χ2v) is 12.8. The van der Waals surface area contributed by atoms with Gasteiger partial charge in [-0.1, -0.05) is 24.3 Å². The predicted molar refractivity (Wildman–Crippen MR) is 175 cm³/mol. The number of carbonyl (C=O) groups excluding carboxylic acids is 4. The van der Waals surface area contributed by atoms with Crippen LogP contribution in [-0.2, 0) is 54.8 Å². The third-order valence-corrected chi connectivity index (χ3v) is 9.62. The molecular weight excluding hydrogens is 686 g/mol. The number of methoxy groups -OCH3 is 1. The summed E-state index contributed by atoms with van der Waals surface area (Å²) in [5, 5.41) is 28.8. The Balaban J connectivity index is 0.000000376. The van der Waals surface area contributed by atoms with Gasteiger partial charge in [0.15, 0.2) is 17.6 Å². The Morgan fingerprint density at radius 3 is 2.23 bits per heavy atom. The van der Waals surface area contributed by atoms with Gasteiger partial charge in [-0.2, -0.15) is 0 Å². The van der Waals surface area contributed by atoms with Gasteiger partial charge in [0.1, 0.15) is 11.5 Å². The van der Waals surface area contributed by atoms with Gasteiger partial charge in [-0.3, -0.25) is 19.2 Å². The minimum atomic E-state index is -1.60. The van der Waals surface area contributed by atoms with E-state index in [0.717, 1.165) is 31.5 Å². The molecule has 0 saturated carbocycles. The largest absolute Gasteiger partial charge is 0.493 e. The Kier molecular flexibility index (Phi) is 10.9. The molecule has 2 aliphatic heterocycles. The number of carboxylic acids is 2. The summed E-state index contributed by atoms with van der Waals surface area (Å²) in [6.45, 7) is 2.88. The van der Waals surface area contributed by atoms with Crippen LogP contribution in [0.3, 0.4) is 0 Å². The predicted octanol–water partition coefficient (Wildman–Crippen LogP) is 1.92. The number of benzene rings is 2. The number of rotatable bonds is 11. The van der Waals surface area contributed by atoms with E-state index in [9.17, 15) is 33.9 Å². The molecule has 6 atom stereocenters. The van der Waals surface area contributed by atoms with Crippen molar-refractivity contribution in [3.05, 3.63) is 65.4 Å². The number of aliphatic hydroxyl groups is 1. The van der Waals surface area contributed by atoms with Gasteiger partial charge < -0.3 is 48.6 Å². The van der Waals surface area contributed by atoms with Gasteiger partial charge in [-0.25, -0.2) is 9.59 Å². The van der Waals surface area contributed by atoms with Crippen LogP contribution in [-0.4, -0.2) is 107 Å². The van der Waals surface area contributed by atoms with Crippen molar-refractivity contribution in [1.29, 1.82) is 0 Å². The van der Waals surface area contributed by atoms with E-state index in [0.29, 0.717) is 24.3 Å². The minimum absolute atomic E-state index is 0.145. The number of aliphatic carboxylic acids is 2. The fourth-order valence-electron chi connectivity index (χ4n) is 7.49. The van der Waals surface area contributed by atoms with Crippen LogP contribution in [0.1, 0.15) is 50.7 Å². The fraction of sp³-hybridized carbons (Fsp3) is 0.444. The zero-order chi connectivity index (χ0) is 38.0. The van der Waals surface area contributed by atoms with Gasteiger partial charge in [0.25, 0.3) is 0 Å². The molecule has 6 rings (SSSR count). The normalized spacial score (nSPS) is 24.5. The van der Waals surface area contributed by atoms with Crippen molar-refractivity contribution in [2.45, 2.75) is 81.3 Å². The molecular formula is C36H39NO15. The SMILES string of the molecule is CC(=O)OC(CC(=O)O)C(=O)O.COc1ccc2c3c1O[C@H]1C(OC(=O)CC(OC(C)=O)C(=O)Oc4ccccc4)=CC[C@@]4(O)[C@@H](C2)N(C)CC[C@]314. The molecule has 2 heterocycles. The highest BCUT2D eigenvalue weighted by Crippen LogP contribution is 2.65. The maximum absolute atomic E-state index is 13.2. The number of likely N-dealkylation sites (N-methyl/N-ethyl adjacent to an activating group) is 1. The summed E-state index contributed by atoms with van der Waals surface area (Å²) in [4.78, 5) is 70.4. The van der Waals surface area contributed by atoms with E-state index >= 15 is 0 Å². The molecule has 3 N–H and O–H groups in total. The summed E-state index contributed by atoms with van der Waals surface area (Å²) in [6, 6.07) is 12.0. The van der Waals surface area contributed by atoms with E-state index < -0.39 is 78.0 Å². The van der Waals surface area contributed by atoms with Crippen LogP contribution in [0.25, 0.3) is 0 Å². The van der Waals surface area contributed by atoms with Crippen molar-refractivity contribution < 1.29 is 72.5 Å². The van der Waals surface area contributed by atoms with Crippen LogP contribution in [0.2, 0.25) is 0 Å². The Labute approximate surface area is 297 Å². The number of para-hydroxylation sites is 1. The first kappa shape index (κ1) is 37.8. The van der Waals surface area contributed by atoms with Gasteiger partial charge in [-0.05, 0) is 56.3 Å². The summed E-state index contributed by atoms with van der Waals surface area (Å²) >= 11 is 0. The number of nitrogens with zero attached hydrogens (tertiary/aromatic N) is 1. The lowest BCUT2D eigenvalue weighted by molar-refractivity contribution is -0.172. The lowest BCUT2D eigenvalue weighted by Gasteiger charge is -2.61. The number of hydrogen-bond donors (Lipinski definition) is 3. The molecule has 2 aromatic carbocycles. The molecule has 16 heteroatoms. The van der Waals surface area contributed by atoms with E-state index in [1.54, 1.807) is 43.5 Å². The molecule has 0 aromatic heterocycles. The monoisotopic (exact) mass is 725 g/mol. The first-order chi connectivity index (χ1) is 24.6. The fourth-order valence-corrected chi connectivity index (χ4v) is 7.49. The Bertz CT molecular complexity index is 1770. The molecule has 2 aromatic rings. The van der Waals surface area contributed by atoms with Crippen LogP contribution < -0.4 is 14.2 Å². The Hall–Kier alpha value is -5.48. The topological polar surface area (TPSA) is 222 Å². The molecule has 4 aliphatic rings. The van der Waals surface area contributed by atoms with Crippen molar-refractivity contribution in [1.82, 2.24) is 4.90 Å². The highest BCUT2D eigenvalue weighted by Gasteiger charge is 2.72. The molecule has 2 aliphatic carbocycles. The summed E-state index contributed by atoms with van der Waals surface area (Å²) in [7, 11) is 3.58. The van der Waals surface area contributed by atoms with Crippen molar-refractivity contribution in [3.8, 4) is 17.2 Å². The first-order valence-electron chi connectivity index (χ1n) is 16.4. The number of ether oxygens (including phenoxy) is 6. The molecule has 2 bridgehead atoms. The molecule has 52 heavy (non-hydrogen) atoms. The quantitative estimate of drug-likeness (QED) is 0.171. The van der Waals surface area contributed by atoms with Crippen molar-refractivity contribution in [3.63, 3.8) is 0 Å². The number of carboxylic acid groups (broad SMARTS) is 2. The number of likely N-dealkylation sites (tertiary alicyclic amines) is 1. The maximum Gasteiger partial charge on any atom is 0.353 e. The average molecular weight is 726 g/mol. The van der Waals surface area contributed by atoms with Crippen molar-refractivity contribution in [2.75, 3.05) is 20.7 Å². The number of hydrogen-bond acceptors (Lipinski definition) is 14. The van der Waals surface area contributed by atoms with Crippen LogP contribution in [0.5, 0.6) is 17.2 Å². The van der Waals surface area contributed by atoms with E-state index in [2.05, 4.69) is 9.64 Å². The summed E-state index contributed by atoms with van der Waals surface area (Å²) in [5.41, 5.74) is -0.00127. The zero-order valence-corrected chi connectivity index (χ0v) is 28.9. The second-order valence-electron chi connectivity index (χ2n) is 12.8. The first-order valence-corrected chi connectivity index (χ1v) is 16.4. The minimum Gasteiger partial charge on any atom is -0.493 e. The lowest BCUT2D eigenvalue weighted by Crippen LogP contribution is -2.74. The van der Waals surface area contributed by atoms with Gasteiger partial charge in [0.2, 0.25) is 12.2 Å². The van der Waals surface area contributed by atoms with E-state index in [1.165, 1.54) is 0 Å². The third kappa shape index (κ3) is 7.16. The van der Waals surface area contributed by atoms with Gasteiger partial charge in [-0.15, -0.1) is 0 Å². The Morgan fingerprint density at radius 2 is 1.62 bits per heavy atom. The number of esters is 4. The average Bonchev–Trinajstić information content (AvgIpc) is 3.43. The van der Waals surface area contributed by atoms with Crippen LogP contribution in [0.4, 0.5) is 0 Å². The molecule has 1 fully saturated rings. The highest BCUT2D eigenvalue weighted by atomic mass is 16.6. The third-order valence-electron chi connectivity index (χ3n) is 9.62. The molecule has 16 nitrogen and oxygen atoms in total. The highest BCUT2D eigenvalue weighted by molar-refractivity contribution is 5.86. The zero-order valence-electron chi connectivity index (χ0n) is 28.9. The molecule has 0 radical (unpaired) electrons. The maximum atomic E-state index is 13.2. The molecule has 2 unspecified atom stereocenters. The van der Waals surface area contributed by atoms with Gasteiger partial charge >= 0.3 is 35.8 Å². The summed E-state index contributed by atoms with van der Waals surface area (Å²) < 4.78 is 32.5. The van der Waals surface area contributed by atoms with E-state index in [1.807, 2.05) is 19.2 Å². The van der Waals surface area contributed by atoms with E-state index in [4.69, 9.17) is 33.9 Å². The molecule has 0 amide bonds. The second kappa shape index (κ2) is 15.0. The van der Waals surface area contributed by atoms with Crippen molar-refractivity contribution >= 4 is 35.8 Å². The summed E-state index contributed by atoms with van der Waals surface area (Å²) in [6.07, 6.45) is -1.96. The van der Waals surface area contributed by atoms with Crippen LogP contribution in [0.15, 0.2) is 54.3 Å². The Morgan fingerprint density at radius 1 is 0.942 bits per heavy atom. The van der Waals surface area contributed by atoms with E-state index in [-0.39, 0.29) is 24.0 Å². The standard InChI is InChI=1S/C30H31NO9.C6H8O6/c1-17(32)37-22(28(34)38-19-7-5-4-6-8-19)16-24(33)39-21-11-12-30(35)23-15-18-9-10-20(36-3)26-25(18)29(30,27(21)40-26)13-14-31(23)2;1-3(7)12-4(6(10)11)2-5(8)9/h4-11,22-23,27,35H,12-16H2,1-3H3;4H,2H2,1H3,(H,8,9)(H,10,11)/t22?,23-,27+,29+,30-;/m1./s1. The van der Waals surface area contributed by atoms with Gasteiger partial charge in [0.05, 0.1) is 31.0 Å². The van der Waals surface area contributed by atoms with Crippen LogP contribution >= 0.6 is 0 Å².